The molecule has 18 nitrogen and oxygen atoms in total. The van der Waals surface area contributed by atoms with Crippen molar-refractivity contribution in [1.29, 1.82) is 0 Å². The van der Waals surface area contributed by atoms with Gasteiger partial charge in [-0.3, -0.25) is 38.4 Å². The number of ether oxygens (including phenoxy) is 1. The highest BCUT2D eigenvalue weighted by Gasteiger charge is 2.44. The Morgan fingerprint density at radius 3 is 2.08 bits per heavy atom. The third-order valence-electron chi connectivity index (χ3n) is 12.9. The van der Waals surface area contributed by atoms with Crippen LogP contribution in [0, 0.1) is 29.6 Å². The van der Waals surface area contributed by atoms with Gasteiger partial charge < -0.3 is 46.6 Å². The van der Waals surface area contributed by atoms with E-state index in [2.05, 4.69) is 21.3 Å². The fraction of sp³-hybridized carbons (Fsp3) is 0.646. The zero-order chi connectivity index (χ0) is 49.6. The highest BCUT2D eigenvalue weighted by molar-refractivity contribution is 5.98. The Kier molecular flexibility index (Phi) is 20.8. The van der Waals surface area contributed by atoms with Crippen LogP contribution in [0.1, 0.15) is 119 Å². The molecule has 1 saturated heterocycles. The number of carbonyl (C=O) groups is 9. The largest absolute Gasteiger partial charge is 0.508 e. The van der Waals surface area contributed by atoms with E-state index < -0.39 is 113 Å². The molecule has 3 unspecified atom stereocenters. The van der Waals surface area contributed by atoms with Gasteiger partial charge in [0.05, 0.1) is 0 Å². The van der Waals surface area contributed by atoms with Crippen molar-refractivity contribution in [2.45, 2.75) is 162 Å². The number of aromatic hydroxyl groups is 1. The van der Waals surface area contributed by atoms with E-state index >= 15 is 0 Å². The molecule has 2 aliphatic heterocycles. The maximum atomic E-state index is 14.8. The number of ketones is 1. The molecule has 18 heteroatoms. The molecular weight excluding hydrogens is 851 g/mol. The molecule has 7 amide bonds. The van der Waals surface area contributed by atoms with Crippen molar-refractivity contribution in [3.05, 3.63) is 42.1 Å². The first kappa shape index (κ1) is 54.5. The van der Waals surface area contributed by atoms with Crippen LogP contribution in [0.5, 0.6) is 5.75 Å². The number of carbonyl (C=O) groups excluding carboxylic acids is 9. The molecule has 2 aliphatic rings. The van der Waals surface area contributed by atoms with Gasteiger partial charge in [-0.15, -0.1) is 0 Å². The molecule has 1 fully saturated rings. The SMILES string of the molecule is CCC(C)C(=O)C[C@@H](CCC(N)=O)C(=O)N[C@@H]1C(=O)N[C@@H](CC(C)C)C(=O)N[C@H]2CC=CN(C2=O)[C@@H](C(C)CC)C(=O)N(C)[C@@H](Cc2ccc(O)cc2)C(=O)N[C@@H](C(C)CC)C(=O)O[C@@H]1C. The first-order valence-corrected chi connectivity index (χ1v) is 23.3. The van der Waals surface area contributed by atoms with E-state index in [4.69, 9.17) is 10.5 Å². The van der Waals surface area contributed by atoms with Gasteiger partial charge in [-0.1, -0.05) is 86.4 Å². The Bertz CT molecular complexity index is 1940. The summed E-state index contributed by atoms with van der Waals surface area (Å²) in [4.78, 5) is 129. The van der Waals surface area contributed by atoms with E-state index in [1.165, 1.54) is 42.1 Å². The number of nitrogens with one attached hydrogen (secondary N) is 4. The van der Waals surface area contributed by atoms with E-state index in [9.17, 15) is 48.3 Å². The number of phenols is 1. The number of cyclic esters (lactones) is 1. The van der Waals surface area contributed by atoms with Crippen LogP contribution in [0.4, 0.5) is 0 Å². The van der Waals surface area contributed by atoms with Crippen LogP contribution in [0.3, 0.4) is 0 Å². The highest BCUT2D eigenvalue weighted by Crippen LogP contribution is 2.25. The van der Waals surface area contributed by atoms with Gasteiger partial charge in [-0.05, 0) is 68.1 Å². The van der Waals surface area contributed by atoms with Crippen molar-refractivity contribution in [3.63, 3.8) is 0 Å². The number of hydrogen-bond donors (Lipinski definition) is 6. The number of nitrogens with zero attached hydrogens (tertiary/aromatic N) is 2. The van der Waals surface area contributed by atoms with Crippen LogP contribution in [0.25, 0.3) is 0 Å². The van der Waals surface area contributed by atoms with Gasteiger partial charge in [0, 0.05) is 44.3 Å². The lowest BCUT2D eigenvalue weighted by molar-refractivity contribution is -0.158. The van der Waals surface area contributed by atoms with Gasteiger partial charge in [-0.25, -0.2) is 4.79 Å². The maximum absolute atomic E-state index is 14.8. The van der Waals surface area contributed by atoms with E-state index in [0.29, 0.717) is 24.8 Å². The van der Waals surface area contributed by atoms with Crippen LogP contribution in [-0.4, -0.2) is 117 Å². The summed E-state index contributed by atoms with van der Waals surface area (Å²) in [6.45, 7) is 15.7. The fourth-order valence-electron chi connectivity index (χ4n) is 7.96. The molecule has 0 spiro atoms. The summed E-state index contributed by atoms with van der Waals surface area (Å²) in [5.41, 5.74) is 6.00. The molecule has 0 saturated carbocycles. The quantitative estimate of drug-likeness (QED) is 0.124. The minimum absolute atomic E-state index is 0.0183. The predicted octanol–water partition coefficient (Wildman–Crippen LogP) is 2.79. The first-order valence-electron chi connectivity index (χ1n) is 23.3. The van der Waals surface area contributed by atoms with Crippen LogP contribution in [-0.2, 0) is 54.3 Å². The summed E-state index contributed by atoms with van der Waals surface area (Å²) in [5, 5.41) is 20.9. The number of rotatable bonds is 17. The van der Waals surface area contributed by atoms with Crippen LogP contribution in [0.15, 0.2) is 36.5 Å². The number of Topliss-reactive ketones (excluding diaryl/α,β-unsaturated/α-hetero) is 1. The van der Waals surface area contributed by atoms with Crippen molar-refractivity contribution in [2.75, 3.05) is 7.05 Å². The second kappa shape index (κ2) is 25.2. The minimum atomic E-state index is -1.67. The van der Waals surface area contributed by atoms with E-state index in [1.807, 2.05) is 27.7 Å². The molecule has 2 heterocycles. The Hall–Kier alpha value is -5.81. The van der Waals surface area contributed by atoms with Gasteiger partial charge in [0.25, 0.3) is 0 Å². The van der Waals surface area contributed by atoms with Gasteiger partial charge >= 0.3 is 5.97 Å². The normalized spacial score (nSPS) is 25.5. The molecule has 366 valence electrons. The Morgan fingerprint density at radius 2 is 1.50 bits per heavy atom. The summed E-state index contributed by atoms with van der Waals surface area (Å²) >= 11 is 0. The monoisotopic (exact) mass is 924 g/mol. The number of fused-ring (bicyclic) bond motifs is 2. The zero-order valence-electron chi connectivity index (χ0n) is 40.3. The van der Waals surface area contributed by atoms with E-state index in [-0.39, 0.29) is 56.0 Å². The molecule has 0 aliphatic carbocycles. The molecule has 7 N–H and O–H groups in total. The first-order chi connectivity index (χ1) is 31.0. The molecule has 3 rings (SSSR count). The van der Waals surface area contributed by atoms with Crippen molar-refractivity contribution in [1.82, 2.24) is 31.1 Å². The Labute approximate surface area is 388 Å². The maximum Gasteiger partial charge on any atom is 0.329 e. The minimum Gasteiger partial charge on any atom is -0.508 e. The van der Waals surface area contributed by atoms with E-state index in [0.717, 1.165) is 0 Å². The molecule has 1 aromatic carbocycles. The average molecular weight is 924 g/mol. The summed E-state index contributed by atoms with van der Waals surface area (Å²) in [7, 11) is 1.44. The van der Waals surface area contributed by atoms with Gasteiger partial charge in [0.15, 0.2) is 0 Å². The fourth-order valence-corrected chi connectivity index (χ4v) is 7.96. The number of primary amides is 1. The lowest BCUT2D eigenvalue weighted by Crippen LogP contribution is -2.62. The highest BCUT2D eigenvalue weighted by atomic mass is 16.5. The van der Waals surface area contributed by atoms with Crippen molar-refractivity contribution in [3.8, 4) is 5.75 Å². The molecule has 11 atom stereocenters. The smallest absolute Gasteiger partial charge is 0.329 e. The van der Waals surface area contributed by atoms with Crippen molar-refractivity contribution < 1.29 is 53.0 Å². The number of amides is 7. The number of likely N-dealkylation sites (N-methyl/N-ethyl adjacent to an activating group) is 1. The third kappa shape index (κ3) is 14.9. The summed E-state index contributed by atoms with van der Waals surface area (Å²) in [6, 6.07) is -1.76. The second-order valence-electron chi connectivity index (χ2n) is 18.5. The van der Waals surface area contributed by atoms with Crippen LogP contribution < -0.4 is 27.0 Å². The van der Waals surface area contributed by atoms with Gasteiger partial charge in [-0.2, -0.15) is 0 Å². The second-order valence-corrected chi connectivity index (χ2v) is 18.5. The number of hydrogen-bond acceptors (Lipinski definition) is 11. The lowest BCUT2D eigenvalue weighted by Gasteiger charge is -2.40. The van der Waals surface area contributed by atoms with Crippen molar-refractivity contribution in [2.24, 2.45) is 35.3 Å². The van der Waals surface area contributed by atoms with Gasteiger partial charge in [0.2, 0.25) is 41.4 Å². The zero-order valence-corrected chi connectivity index (χ0v) is 40.3. The number of phenolic OH excluding ortho intramolecular Hbond substituents is 1. The molecule has 0 aromatic heterocycles. The Morgan fingerprint density at radius 1 is 0.864 bits per heavy atom. The standard InChI is InChI=1S/C48H73N7O11/c1-11-27(6)37(57)25-32(18-21-38(49)58)42(59)53-40-30(9)66-48(65)39(28(7)12-2)52-44(61)36(24-31-16-19-33(56)20-17-31)54(10)47(64)41(29(8)13-3)55-22-14-15-34(46(55)63)50-43(60)35(23-26(4)5)51-45(40)62/h14,16-17,19-20,22,26-30,32,34-36,39-41,56H,11-13,15,18,21,23-25H2,1-10H3,(H2,49,58)(H,50,60)(H,51,62)(H,52,61)(H,53,59)/t27?,28?,29?,30-,32-,34+,35+,36+,39+,40+,41+/m1/s1. The predicted molar refractivity (Wildman–Crippen MR) is 245 cm³/mol. The number of benzene rings is 1. The number of nitrogens with two attached hydrogens (primary N) is 1. The Balaban J connectivity index is 2.25. The number of esters is 1. The molecule has 0 radical (unpaired) electrons. The molecular formula is C48H73N7O11. The van der Waals surface area contributed by atoms with E-state index in [1.54, 1.807) is 45.9 Å². The summed E-state index contributed by atoms with van der Waals surface area (Å²) in [6.07, 6.45) is 2.48. The average Bonchev–Trinajstić information content (AvgIpc) is 3.27. The molecule has 66 heavy (non-hydrogen) atoms. The third-order valence-corrected chi connectivity index (χ3v) is 12.9. The molecule has 1 aromatic rings. The molecule has 2 bridgehead atoms. The summed E-state index contributed by atoms with van der Waals surface area (Å²) in [5.74, 6) is -8.97. The van der Waals surface area contributed by atoms with Crippen LogP contribution >= 0.6 is 0 Å². The topological polar surface area (TPSA) is 264 Å². The van der Waals surface area contributed by atoms with Crippen molar-refractivity contribution >= 4 is 53.1 Å². The van der Waals surface area contributed by atoms with Gasteiger partial charge in [0.1, 0.15) is 53.9 Å². The summed E-state index contributed by atoms with van der Waals surface area (Å²) < 4.78 is 5.95. The van der Waals surface area contributed by atoms with Crippen LogP contribution in [0.2, 0.25) is 0 Å². The lowest BCUT2D eigenvalue weighted by atomic mass is 9.90.